The zero-order valence-electron chi connectivity index (χ0n) is 10.3. The Morgan fingerprint density at radius 3 is 2.74 bits per heavy atom. The second kappa shape index (κ2) is 4.52. The van der Waals surface area contributed by atoms with Gasteiger partial charge in [0, 0.05) is 5.56 Å². The molecule has 3 rings (SSSR count). The van der Waals surface area contributed by atoms with E-state index in [2.05, 4.69) is 20.5 Å². The van der Waals surface area contributed by atoms with Crippen LogP contribution in [0.4, 0.5) is 5.82 Å². The van der Waals surface area contributed by atoms with Crippen LogP contribution in [0.1, 0.15) is 11.6 Å². The van der Waals surface area contributed by atoms with Crippen molar-refractivity contribution in [2.24, 2.45) is 0 Å². The maximum absolute atomic E-state index is 5.63. The molecule has 0 bridgehead atoms. The summed E-state index contributed by atoms with van der Waals surface area (Å²) in [5.74, 6) is 1.43. The average Bonchev–Trinajstić information content (AvgIpc) is 3.02. The molecular weight excluding hydrogens is 244 g/mol. The largest absolute Gasteiger partial charge is 0.381 e. The summed E-state index contributed by atoms with van der Waals surface area (Å²) >= 11 is 0. The predicted molar refractivity (Wildman–Crippen MR) is 68.0 cm³/mol. The fourth-order valence-corrected chi connectivity index (χ4v) is 1.68. The van der Waals surface area contributed by atoms with E-state index in [0.29, 0.717) is 24.1 Å². The monoisotopic (exact) mass is 256 g/mol. The SMILES string of the molecule is Cc1c(N)nnn1Cc1nc(-c2ccccc2)no1. The third kappa shape index (κ3) is 2.17. The number of nitrogens with two attached hydrogens (primary N) is 1. The first-order valence-electron chi connectivity index (χ1n) is 5.77. The van der Waals surface area contributed by atoms with Gasteiger partial charge in [0.25, 0.3) is 0 Å². The van der Waals surface area contributed by atoms with Gasteiger partial charge in [-0.05, 0) is 6.92 Å². The minimum atomic E-state index is 0.357. The van der Waals surface area contributed by atoms with Crippen molar-refractivity contribution in [3.05, 3.63) is 41.9 Å². The van der Waals surface area contributed by atoms with Crippen LogP contribution in [0.2, 0.25) is 0 Å². The van der Waals surface area contributed by atoms with Gasteiger partial charge in [-0.25, -0.2) is 4.68 Å². The summed E-state index contributed by atoms with van der Waals surface area (Å²) in [6, 6.07) is 9.63. The van der Waals surface area contributed by atoms with E-state index >= 15 is 0 Å². The van der Waals surface area contributed by atoms with E-state index in [0.717, 1.165) is 11.3 Å². The number of nitrogens with zero attached hydrogens (tertiary/aromatic N) is 5. The Kier molecular flexibility index (Phi) is 2.71. The highest BCUT2D eigenvalue weighted by Gasteiger charge is 2.11. The minimum absolute atomic E-state index is 0.357. The third-order valence-electron chi connectivity index (χ3n) is 2.80. The van der Waals surface area contributed by atoms with Crippen molar-refractivity contribution in [3.63, 3.8) is 0 Å². The molecule has 3 aromatic rings. The molecule has 0 fully saturated rings. The van der Waals surface area contributed by atoms with Crippen LogP contribution < -0.4 is 5.73 Å². The molecule has 0 radical (unpaired) electrons. The Morgan fingerprint density at radius 2 is 2.05 bits per heavy atom. The smallest absolute Gasteiger partial charge is 0.248 e. The molecule has 1 aromatic carbocycles. The Bertz CT molecular complexity index is 687. The number of hydrogen-bond acceptors (Lipinski definition) is 6. The topological polar surface area (TPSA) is 95.7 Å². The summed E-state index contributed by atoms with van der Waals surface area (Å²) < 4.78 is 6.82. The molecule has 0 saturated carbocycles. The molecule has 0 atom stereocenters. The van der Waals surface area contributed by atoms with Gasteiger partial charge in [0.05, 0.1) is 5.69 Å². The van der Waals surface area contributed by atoms with Crippen LogP contribution in [0.25, 0.3) is 11.4 Å². The van der Waals surface area contributed by atoms with Crippen LogP contribution >= 0.6 is 0 Å². The van der Waals surface area contributed by atoms with Crippen molar-refractivity contribution in [1.29, 1.82) is 0 Å². The molecule has 7 nitrogen and oxygen atoms in total. The number of benzene rings is 1. The predicted octanol–water partition coefficient (Wildman–Crippen LogP) is 1.27. The van der Waals surface area contributed by atoms with E-state index in [4.69, 9.17) is 10.3 Å². The molecule has 0 saturated heterocycles. The standard InChI is InChI=1S/C12H12N6O/c1-8-11(13)15-17-18(8)7-10-14-12(16-19-10)9-5-3-2-4-6-9/h2-6H,7,13H2,1H3. The van der Waals surface area contributed by atoms with E-state index in [1.54, 1.807) is 4.68 Å². The lowest BCUT2D eigenvalue weighted by molar-refractivity contribution is 0.363. The molecule has 19 heavy (non-hydrogen) atoms. The fraction of sp³-hybridized carbons (Fsp3) is 0.167. The van der Waals surface area contributed by atoms with E-state index in [1.165, 1.54) is 0 Å². The van der Waals surface area contributed by atoms with Gasteiger partial charge >= 0.3 is 0 Å². The lowest BCUT2D eigenvalue weighted by Gasteiger charge is -1.97. The quantitative estimate of drug-likeness (QED) is 0.758. The molecule has 96 valence electrons. The normalized spacial score (nSPS) is 10.8. The van der Waals surface area contributed by atoms with E-state index in [9.17, 15) is 0 Å². The van der Waals surface area contributed by atoms with Gasteiger partial charge in [0.15, 0.2) is 5.82 Å². The van der Waals surface area contributed by atoms with Crippen LogP contribution in [0.5, 0.6) is 0 Å². The molecule has 0 spiro atoms. The number of hydrogen-bond donors (Lipinski definition) is 1. The van der Waals surface area contributed by atoms with Crippen molar-refractivity contribution in [1.82, 2.24) is 25.1 Å². The Morgan fingerprint density at radius 1 is 1.26 bits per heavy atom. The molecule has 0 amide bonds. The Hall–Kier alpha value is -2.70. The van der Waals surface area contributed by atoms with E-state index in [1.807, 2.05) is 37.3 Å². The Labute approximate surface area is 109 Å². The van der Waals surface area contributed by atoms with Gasteiger partial charge in [-0.15, -0.1) is 5.10 Å². The number of nitrogen functional groups attached to an aromatic ring is 1. The van der Waals surface area contributed by atoms with Crippen molar-refractivity contribution in [2.45, 2.75) is 13.5 Å². The second-order valence-electron chi connectivity index (χ2n) is 4.10. The number of aromatic nitrogens is 5. The third-order valence-corrected chi connectivity index (χ3v) is 2.80. The fourth-order valence-electron chi connectivity index (χ4n) is 1.68. The van der Waals surface area contributed by atoms with E-state index in [-0.39, 0.29) is 0 Å². The van der Waals surface area contributed by atoms with Gasteiger partial charge in [-0.3, -0.25) is 0 Å². The molecule has 2 N–H and O–H groups in total. The molecule has 7 heteroatoms. The lowest BCUT2D eigenvalue weighted by atomic mass is 10.2. The average molecular weight is 256 g/mol. The van der Waals surface area contributed by atoms with Crippen LogP contribution in [0.3, 0.4) is 0 Å². The molecular formula is C12H12N6O. The summed E-state index contributed by atoms with van der Waals surface area (Å²) in [7, 11) is 0. The first-order valence-corrected chi connectivity index (χ1v) is 5.77. The van der Waals surface area contributed by atoms with Crippen LogP contribution in [-0.4, -0.2) is 25.1 Å². The maximum Gasteiger partial charge on any atom is 0.248 e. The highest BCUT2D eigenvalue weighted by atomic mass is 16.5. The molecule has 2 heterocycles. The van der Waals surface area contributed by atoms with Gasteiger partial charge in [0.1, 0.15) is 6.54 Å². The van der Waals surface area contributed by atoms with Crippen LogP contribution in [0.15, 0.2) is 34.9 Å². The highest BCUT2D eigenvalue weighted by Crippen LogP contribution is 2.15. The van der Waals surface area contributed by atoms with E-state index < -0.39 is 0 Å². The summed E-state index contributed by atoms with van der Waals surface area (Å²) in [6.07, 6.45) is 0. The van der Waals surface area contributed by atoms with Crippen molar-refractivity contribution >= 4 is 5.82 Å². The molecule has 0 aliphatic carbocycles. The zero-order chi connectivity index (χ0) is 13.2. The van der Waals surface area contributed by atoms with Gasteiger partial charge in [-0.1, -0.05) is 40.7 Å². The van der Waals surface area contributed by atoms with Crippen molar-refractivity contribution in [2.75, 3.05) is 5.73 Å². The lowest BCUT2D eigenvalue weighted by Crippen LogP contribution is -2.04. The summed E-state index contributed by atoms with van der Waals surface area (Å²) in [5, 5.41) is 11.6. The molecule has 0 unspecified atom stereocenters. The Balaban J connectivity index is 1.84. The van der Waals surface area contributed by atoms with Crippen LogP contribution in [-0.2, 0) is 6.54 Å². The minimum Gasteiger partial charge on any atom is -0.381 e. The summed E-state index contributed by atoms with van der Waals surface area (Å²) in [6.45, 7) is 2.19. The second-order valence-corrected chi connectivity index (χ2v) is 4.10. The first-order chi connectivity index (χ1) is 9.24. The van der Waals surface area contributed by atoms with Crippen molar-refractivity contribution < 1.29 is 4.52 Å². The van der Waals surface area contributed by atoms with Crippen LogP contribution in [0, 0.1) is 6.92 Å². The summed E-state index contributed by atoms with van der Waals surface area (Å²) in [4.78, 5) is 4.32. The van der Waals surface area contributed by atoms with Gasteiger partial charge in [0.2, 0.25) is 11.7 Å². The first kappa shape index (κ1) is 11.4. The highest BCUT2D eigenvalue weighted by molar-refractivity contribution is 5.53. The van der Waals surface area contributed by atoms with Gasteiger partial charge in [-0.2, -0.15) is 4.98 Å². The summed E-state index contributed by atoms with van der Waals surface area (Å²) in [5.41, 5.74) is 7.32. The number of rotatable bonds is 3. The maximum atomic E-state index is 5.63. The molecule has 0 aliphatic rings. The molecule has 0 aliphatic heterocycles. The van der Waals surface area contributed by atoms with Crippen molar-refractivity contribution in [3.8, 4) is 11.4 Å². The van der Waals surface area contributed by atoms with Gasteiger partial charge < -0.3 is 10.3 Å². The number of anilines is 1. The molecule has 2 aromatic heterocycles. The zero-order valence-corrected chi connectivity index (χ0v) is 10.3.